The standard InChI is InChI=1S/C24H37N7O4/c1-3-4-9-33-11-13-35-14-12-34-10-5-8-26-16-20-7-6-19(15-27-20)17-31-23-21(30-24(31)32)22(25)28-18(2)29-23/h6-7,15,26H,3-5,8-14,16-17H2,1-2H3,(H,30,32)(H2,25,28,29). The van der Waals surface area contributed by atoms with Crippen molar-refractivity contribution >= 4 is 17.0 Å². The number of aryl methyl sites for hydroxylation is 1. The van der Waals surface area contributed by atoms with E-state index in [0.29, 0.717) is 63.1 Å². The fourth-order valence-electron chi connectivity index (χ4n) is 3.45. The molecule has 0 fully saturated rings. The molecule has 0 aromatic carbocycles. The molecule has 11 heteroatoms. The highest BCUT2D eigenvalue weighted by Gasteiger charge is 2.13. The number of nitrogens with two attached hydrogens (primary N) is 1. The number of anilines is 1. The van der Waals surface area contributed by atoms with Crippen LogP contribution in [0.1, 0.15) is 43.3 Å². The number of hydrogen-bond donors (Lipinski definition) is 3. The highest BCUT2D eigenvalue weighted by Crippen LogP contribution is 2.15. The van der Waals surface area contributed by atoms with Crippen LogP contribution in [-0.4, -0.2) is 70.7 Å². The third kappa shape index (κ3) is 8.70. The molecule has 0 spiro atoms. The predicted molar refractivity (Wildman–Crippen MR) is 134 cm³/mol. The zero-order valence-corrected chi connectivity index (χ0v) is 20.7. The molecular weight excluding hydrogens is 450 g/mol. The molecule has 0 aliphatic heterocycles. The molecule has 3 heterocycles. The normalized spacial score (nSPS) is 11.5. The lowest BCUT2D eigenvalue weighted by atomic mass is 10.2. The van der Waals surface area contributed by atoms with E-state index in [1.54, 1.807) is 17.7 Å². The van der Waals surface area contributed by atoms with Crippen LogP contribution in [0.5, 0.6) is 0 Å². The molecule has 0 radical (unpaired) electrons. The van der Waals surface area contributed by atoms with Crippen LogP contribution < -0.4 is 16.7 Å². The smallest absolute Gasteiger partial charge is 0.328 e. The van der Waals surface area contributed by atoms with E-state index in [2.05, 4.69) is 32.2 Å². The zero-order valence-electron chi connectivity index (χ0n) is 20.7. The van der Waals surface area contributed by atoms with Crippen molar-refractivity contribution in [1.29, 1.82) is 0 Å². The van der Waals surface area contributed by atoms with Gasteiger partial charge in [-0.25, -0.2) is 14.8 Å². The number of pyridine rings is 1. The summed E-state index contributed by atoms with van der Waals surface area (Å²) in [5, 5.41) is 3.37. The summed E-state index contributed by atoms with van der Waals surface area (Å²) in [7, 11) is 0. The molecule has 11 nitrogen and oxygen atoms in total. The fraction of sp³-hybridized carbons (Fsp3) is 0.583. The lowest BCUT2D eigenvalue weighted by Crippen LogP contribution is -2.19. The van der Waals surface area contributed by atoms with Crippen molar-refractivity contribution < 1.29 is 14.2 Å². The van der Waals surface area contributed by atoms with Gasteiger partial charge >= 0.3 is 5.69 Å². The van der Waals surface area contributed by atoms with Crippen LogP contribution >= 0.6 is 0 Å². The Morgan fingerprint density at radius 3 is 2.43 bits per heavy atom. The summed E-state index contributed by atoms with van der Waals surface area (Å²) in [6, 6.07) is 3.92. The second-order valence-corrected chi connectivity index (χ2v) is 8.25. The van der Waals surface area contributed by atoms with Gasteiger partial charge in [-0.3, -0.25) is 9.55 Å². The van der Waals surface area contributed by atoms with Crippen molar-refractivity contribution in [2.45, 2.75) is 46.2 Å². The van der Waals surface area contributed by atoms with Gasteiger partial charge in [-0.15, -0.1) is 0 Å². The largest absolute Gasteiger partial charge is 0.382 e. The van der Waals surface area contributed by atoms with E-state index < -0.39 is 0 Å². The van der Waals surface area contributed by atoms with Gasteiger partial charge in [-0.1, -0.05) is 19.4 Å². The summed E-state index contributed by atoms with van der Waals surface area (Å²) in [5.41, 5.74) is 8.41. The SMILES string of the molecule is CCCCOCCOCCOCCCNCc1ccc(Cn2c(=O)[nH]c3c(N)nc(C)nc32)cn1. The Morgan fingerprint density at radius 2 is 1.74 bits per heavy atom. The van der Waals surface area contributed by atoms with Gasteiger partial charge in [-0.05, 0) is 37.9 Å². The van der Waals surface area contributed by atoms with Crippen LogP contribution in [0.4, 0.5) is 5.82 Å². The third-order valence-electron chi connectivity index (χ3n) is 5.32. The predicted octanol–water partition coefficient (Wildman–Crippen LogP) is 1.78. The van der Waals surface area contributed by atoms with Gasteiger partial charge in [0.15, 0.2) is 11.5 Å². The molecule has 0 atom stereocenters. The van der Waals surface area contributed by atoms with Crippen LogP contribution in [-0.2, 0) is 27.3 Å². The summed E-state index contributed by atoms with van der Waals surface area (Å²) in [5.74, 6) is 0.786. The van der Waals surface area contributed by atoms with E-state index in [9.17, 15) is 4.79 Å². The Labute approximate surface area is 205 Å². The minimum absolute atomic E-state index is 0.268. The Balaban J connectivity index is 1.29. The second-order valence-electron chi connectivity index (χ2n) is 8.25. The molecule has 35 heavy (non-hydrogen) atoms. The van der Waals surface area contributed by atoms with Crippen molar-refractivity contribution in [3.63, 3.8) is 0 Å². The number of hydrogen-bond acceptors (Lipinski definition) is 9. The Bertz CT molecular complexity index is 1080. The summed E-state index contributed by atoms with van der Waals surface area (Å²) in [4.78, 5) is 28.1. The maximum Gasteiger partial charge on any atom is 0.328 e. The Hall–Kier alpha value is -2.86. The van der Waals surface area contributed by atoms with Gasteiger partial charge in [0.25, 0.3) is 0 Å². The van der Waals surface area contributed by atoms with Gasteiger partial charge in [0.1, 0.15) is 11.3 Å². The minimum Gasteiger partial charge on any atom is -0.382 e. The van der Waals surface area contributed by atoms with Crippen molar-refractivity contribution in [3.8, 4) is 0 Å². The minimum atomic E-state index is -0.275. The number of aromatic amines is 1. The van der Waals surface area contributed by atoms with Gasteiger partial charge in [-0.2, -0.15) is 0 Å². The van der Waals surface area contributed by atoms with Crippen LogP contribution in [0.15, 0.2) is 23.1 Å². The van der Waals surface area contributed by atoms with Gasteiger partial charge < -0.3 is 30.2 Å². The molecule has 4 N–H and O–H groups in total. The Morgan fingerprint density at radius 1 is 1.03 bits per heavy atom. The third-order valence-corrected chi connectivity index (χ3v) is 5.32. The highest BCUT2D eigenvalue weighted by atomic mass is 16.5. The first-order valence-electron chi connectivity index (χ1n) is 12.2. The molecule has 0 saturated carbocycles. The van der Waals surface area contributed by atoms with E-state index in [1.165, 1.54) is 0 Å². The lowest BCUT2D eigenvalue weighted by molar-refractivity contribution is 0.0137. The fourth-order valence-corrected chi connectivity index (χ4v) is 3.45. The number of aromatic nitrogens is 5. The summed E-state index contributed by atoms with van der Waals surface area (Å²) >= 11 is 0. The molecule has 3 aromatic rings. The maximum atomic E-state index is 12.4. The number of rotatable bonds is 17. The number of H-pyrrole nitrogens is 1. The Kier molecular flexibility index (Phi) is 11.1. The lowest BCUT2D eigenvalue weighted by Gasteiger charge is -2.08. The molecule has 3 rings (SSSR count). The number of nitrogens with one attached hydrogen (secondary N) is 2. The monoisotopic (exact) mass is 487 g/mol. The summed E-state index contributed by atoms with van der Waals surface area (Å²) in [6.07, 6.45) is 4.93. The average Bonchev–Trinajstić information content (AvgIpc) is 3.15. The molecule has 0 aliphatic rings. The zero-order chi connectivity index (χ0) is 24.9. The van der Waals surface area contributed by atoms with E-state index in [1.807, 2.05) is 12.1 Å². The van der Waals surface area contributed by atoms with E-state index in [0.717, 1.165) is 43.7 Å². The average molecular weight is 488 g/mol. The molecule has 192 valence electrons. The number of ether oxygens (including phenoxy) is 3. The van der Waals surface area contributed by atoms with Crippen LogP contribution in [0.25, 0.3) is 11.2 Å². The molecule has 0 amide bonds. The molecule has 0 bridgehead atoms. The number of nitrogens with zero attached hydrogens (tertiary/aromatic N) is 4. The molecular formula is C24H37N7O4. The second kappa shape index (κ2) is 14.5. The number of nitrogen functional groups attached to an aromatic ring is 1. The van der Waals surface area contributed by atoms with E-state index in [-0.39, 0.29) is 11.5 Å². The highest BCUT2D eigenvalue weighted by molar-refractivity contribution is 5.81. The number of fused-ring (bicyclic) bond motifs is 1. The van der Waals surface area contributed by atoms with Gasteiger partial charge in [0, 0.05) is 26.0 Å². The first-order valence-corrected chi connectivity index (χ1v) is 12.2. The molecule has 0 unspecified atom stereocenters. The van der Waals surface area contributed by atoms with E-state index >= 15 is 0 Å². The van der Waals surface area contributed by atoms with Gasteiger partial charge in [0.2, 0.25) is 0 Å². The van der Waals surface area contributed by atoms with Crippen LogP contribution in [0, 0.1) is 6.92 Å². The number of unbranched alkanes of at least 4 members (excludes halogenated alkanes) is 1. The summed E-state index contributed by atoms with van der Waals surface area (Å²) < 4.78 is 18.0. The van der Waals surface area contributed by atoms with Crippen molar-refractivity contribution in [2.75, 3.05) is 51.9 Å². The molecule has 0 saturated heterocycles. The molecule has 0 aliphatic carbocycles. The summed E-state index contributed by atoms with van der Waals surface area (Å²) in [6.45, 7) is 9.67. The topological polar surface area (TPSA) is 142 Å². The maximum absolute atomic E-state index is 12.4. The number of imidazole rings is 1. The quantitative estimate of drug-likeness (QED) is 0.243. The molecule has 3 aromatic heterocycles. The van der Waals surface area contributed by atoms with Crippen molar-refractivity contribution in [1.82, 2.24) is 29.8 Å². The van der Waals surface area contributed by atoms with Crippen LogP contribution in [0.3, 0.4) is 0 Å². The van der Waals surface area contributed by atoms with Crippen molar-refractivity contribution in [3.05, 3.63) is 45.9 Å². The first-order chi connectivity index (χ1) is 17.1. The first kappa shape index (κ1) is 26.7. The van der Waals surface area contributed by atoms with Crippen molar-refractivity contribution in [2.24, 2.45) is 0 Å². The van der Waals surface area contributed by atoms with Crippen LogP contribution in [0.2, 0.25) is 0 Å². The van der Waals surface area contributed by atoms with Gasteiger partial charge in [0.05, 0.1) is 38.7 Å². The van der Waals surface area contributed by atoms with E-state index in [4.69, 9.17) is 19.9 Å².